The zero-order chi connectivity index (χ0) is 26.3. The first kappa shape index (κ1) is 21.9. The molecule has 0 unspecified atom stereocenters. The van der Waals surface area contributed by atoms with Crippen molar-refractivity contribution in [3.63, 3.8) is 0 Å². The van der Waals surface area contributed by atoms with Gasteiger partial charge in [0.05, 0.1) is 16.6 Å². The van der Waals surface area contributed by atoms with Crippen molar-refractivity contribution in [2.75, 3.05) is 0 Å². The lowest BCUT2D eigenvalue weighted by molar-refractivity contribution is 0.723. The molecule has 9 rings (SSSR count). The van der Waals surface area contributed by atoms with Crippen LogP contribution in [0.1, 0.15) is 33.4 Å². The Balaban J connectivity index is 1.50. The fraction of sp³-hybridized carbons (Fsp3) is 0.0513. The predicted molar refractivity (Wildman–Crippen MR) is 165 cm³/mol. The van der Waals surface area contributed by atoms with Crippen molar-refractivity contribution in [3.8, 4) is 22.4 Å². The lowest BCUT2D eigenvalue weighted by Gasteiger charge is -2.40. The number of hydrogen-bond donors (Lipinski definition) is 0. The summed E-state index contributed by atoms with van der Waals surface area (Å²) in [5.74, 6) is 0. The van der Waals surface area contributed by atoms with Crippen molar-refractivity contribution in [2.24, 2.45) is 0 Å². The lowest BCUT2D eigenvalue weighted by atomic mass is 9.61. The number of pyridine rings is 1. The summed E-state index contributed by atoms with van der Waals surface area (Å²) >= 11 is 0. The molecule has 186 valence electrons. The van der Waals surface area contributed by atoms with E-state index in [1.807, 2.05) is 0 Å². The second-order valence-electron chi connectivity index (χ2n) is 11.1. The fourth-order valence-corrected chi connectivity index (χ4v) is 7.55. The van der Waals surface area contributed by atoms with E-state index < -0.39 is 0 Å². The zero-order valence-corrected chi connectivity index (χ0v) is 21.9. The SMILES string of the molecule is c1ccc(-c2nc3ccccc3c3cc4c(cc23)C2(c3ccccc3Cc3ccccc32)c2ccccc2-4)cc1. The van der Waals surface area contributed by atoms with Gasteiger partial charge in [0.25, 0.3) is 0 Å². The Hall–Kier alpha value is -5.01. The van der Waals surface area contributed by atoms with Gasteiger partial charge in [-0.3, -0.25) is 0 Å². The average molecular weight is 508 g/mol. The molecule has 0 fully saturated rings. The molecule has 0 saturated heterocycles. The van der Waals surface area contributed by atoms with Crippen LogP contribution in [-0.4, -0.2) is 4.98 Å². The number of rotatable bonds is 1. The first-order chi connectivity index (χ1) is 19.8. The van der Waals surface area contributed by atoms with Crippen LogP contribution in [-0.2, 0) is 11.8 Å². The molecule has 1 aromatic heterocycles. The molecule has 2 aliphatic rings. The van der Waals surface area contributed by atoms with Crippen LogP contribution in [0, 0.1) is 0 Å². The van der Waals surface area contributed by atoms with E-state index >= 15 is 0 Å². The minimum Gasteiger partial charge on any atom is -0.247 e. The summed E-state index contributed by atoms with van der Waals surface area (Å²) < 4.78 is 0. The molecular weight excluding hydrogens is 482 g/mol. The number of fused-ring (bicyclic) bond motifs is 12. The van der Waals surface area contributed by atoms with Crippen molar-refractivity contribution in [1.82, 2.24) is 4.98 Å². The molecule has 1 nitrogen and oxygen atoms in total. The molecule has 0 atom stereocenters. The van der Waals surface area contributed by atoms with Crippen molar-refractivity contribution in [2.45, 2.75) is 11.8 Å². The third-order valence-corrected chi connectivity index (χ3v) is 9.14. The van der Waals surface area contributed by atoms with E-state index in [1.54, 1.807) is 0 Å². The van der Waals surface area contributed by atoms with Gasteiger partial charge < -0.3 is 0 Å². The van der Waals surface area contributed by atoms with E-state index in [9.17, 15) is 0 Å². The van der Waals surface area contributed by atoms with Crippen LogP contribution in [0.15, 0.2) is 140 Å². The Kier molecular flexibility index (Phi) is 4.38. The number of para-hydroxylation sites is 1. The quantitative estimate of drug-likeness (QED) is 0.202. The maximum Gasteiger partial charge on any atom is 0.0788 e. The topological polar surface area (TPSA) is 12.9 Å². The van der Waals surface area contributed by atoms with Crippen LogP contribution in [0.25, 0.3) is 44.1 Å². The van der Waals surface area contributed by atoms with Crippen molar-refractivity contribution < 1.29 is 0 Å². The highest BCUT2D eigenvalue weighted by Crippen LogP contribution is 2.60. The molecule has 1 spiro atoms. The molecular formula is C39H25N. The highest BCUT2D eigenvalue weighted by molar-refractivity contribution is 6.13. The van der Waals surface area contributed by atoms with Gasteiger partial charge in [-0.2, -0.15) is 0 Å². The van der Waals surface area contributed by atoms with Gasteiger partial charge in [-0.1, -0.05) is 121 Å². The molecule has 7 aromatic rings. The van der Waals surface area contributed by atoms with Crippen LogP contribution in [0.5, 0.6) is 0 Å². The van der Waals surface area contributed by atoms with Gasteiger partial charge in [0.2, 0.25) is 0 Å². The fourth-order valence-electron chi connectivity index (χ4n) is 7.55. The van der Waals surface area contributed by atoms with Gasteiger partial charge in [0, 0.05) is 16.3 Å². The van der Waals surface area contributed by atoms with E-state index in [-0.39, 0.29) is 5.41 Å². The summed E-state index contributed by atoms with van der Waals surface area (Å²) in [5, 5.41) is 3.66. The summed E-state index contributed by atoms with van der Waals surface area (Å²) in [5.41, 5.74) is 13.8. The summed E-state index contributed by atoms with van der Waals surface area (Å²) in [6, 6.07) is 51.4. The monoisotopic (exact) mass is 507 g/mol. The third-order valence-electron chi connectivity index (χ3n) is 9.14. The molecule has 0 N–H and O–H groups in total. The van der Waals surface area contributed by atoms with Crippen LogP contribution in [0.2, 0.25) is 0 Å². The molecule has 40 heavy (non-hydrogen) atoms. The van der Waals surface area contributed by atoms with Gasteiger partial charge in [-0.25, -0.2) is 4.98 Å². The molecule has 1 heterocycles. The first-order valence-electron chi connectivity index (χ1n) is 14.0. The average Bonchev–Trinajstić information content (AvgIpc) is 3.30. The maximum absolute atomic E-state index is 5.27. The molecule has 0 amide bonds. The standard InChI is InChI=1S/C39H25N/c1-2-12-25(13-3-1)38-32-24-36-31(23-30(32)29-17-7-11-21-37(29)40-38)28-16-6-10-20-35(28)39(36)33-18-8-4-14-26(33)22-27-15-5-9-19-34(27)39/h1-21,23-24H,22H2. The minimum atomic E-state index is -0.370. The van der Waals surface area contributed by atoms with Gasteiger partial charge in [0.1, 0.15) is 0 Å². The Morgan fingerprint density at radius 1 is 0.450 bits per heavy atom. The van der Waals surface area contributed by atoms with Crippen LogP contribution in [0.3, 0.4) is 0 Å². The molecule has 0 radical (unpaired) electrons. The van der Waals surface area contributed by atoms with Crippen molar-refractivity contribution in [3.05, 3.63) is 173 Å². The Bertz CT molecular complexity index is 2090. The second kappa shape index (κ2) is 8.00. The van der Waals surface area contributed by atoms with Crippen LogP contribution >= 0.6 is 0 Å². The van der Waals surface area contributed by atoms with Gasteiger partial charge >= 0.3 is 0 Å². The van der Waals surface area contributed by atoms with E-state index in [2.05, 4.69) is 140 Å². The highest BCUT2D eigenvalue weighted by Gasteiger charge is 2.49. The van der Waals surface area contributed by atoms with Gasteiger partial charge in [-0.05, 0) is 74.5 Å². The van der Waals surface area contributed by atoms with Crippen LogP contribution < -0.4 is 0 Å². The second-order valence-corrected chi connectivity index (χ2v) is 11.1. The smallest absolute Gasteiger partial charge is 0.0788 e. The molecule has 0 saturated carbocycles. The molecule has 0 bridgehead atoms. The highest BCUT2D eigenvalue weighted by atomic mass is 14.7. The summed E-state index contributed by atoms with van der Waals surface area (Å²) in [6.07, 6.45) is 0.959. The van der Waals surface area contributed by atoms with E-state index in [0.29, 0.717) is 0 Å². The Morgan fingerprint density at radius 3 is 1.85 bits per heavy atom. The van der Waals surface area contributed by atoms with E-state index in [4.69, 9.17) is 4.98 Å². The lowest BCUT2D eigenvalue weighted by Crippen LogP contribution is -2.34. The normalized spacial score (nSPS) is 14.1. The van der Waals surface area contributed by atoms with E-state index in [0.717, 1.165) is 23.2 Å². The van der Waals surface area contributed by atoms with Crippen LogP contribution in [0.4, 0.5) is 0 Å². The molecule has 0 aliphatic heterocycles. The van der Waals surface area contributed by atoms with Gasteiger partial charge in [-0.15, -0.1) is 0 Å². The van der Waals surface area contributed by atoms with Gasteiger partial charge in [0.15, 0.2) is 0 Å². The summed E-state index contributed by atoms with van der Waals surface area (Å²) in [6.45, 7) is 0. The summed E-state index contributed by atoms with van der Waals surface area (Å²) in [7, 11) is 0. The number of aromatic nitrogens is 1. The number of benzene rings is 6. The number of nitrogens with zero attached hydrogens (tertiary/aromatic N) is 1. The Morgan fingerprint density at radius 2 is 1.07 bits per heavy atom. The zero-order valence-electron chi connectivity index (χ0n) is 21.9. The molecule has 2 aliphatic carbocycles. The van der Waals surface area contributed by atoms with Crippen molar-refractivity contribution in [1.29, 1.82) is 0 Å². The first-order valence-corrected chi connectivity index (χ1v) is 14.0. The summed E-state index contributed by atoms with van der Waals surface area (Å²) in [4.78, 5) is 5.27. The maximum atomic E-state index is 5.27. The van der Waals surface area contributed by atoms with E-state index in [1.165, 1.54) is 60.7 Å². The minimum absolute atomic E-state index is 0.370. The largest absolute Gasteiger partial charge is 0.247 e. The Labute approximate surface area is 233 Å². The van der Waals surface area contributed by atoms with Crippen molar-refractivity contribution >= 4 is 21.7 Å². The molecule has 1 heteroatoms. The molecule has 6 aromatic carbocycles. The predicted octanol–water partition coefficient (Wildman–Crippen LogP) is 9.32. The third kappa shape index (κ3) is 2.74. The number of hydrogen-bond acceptors (Lipinski definition) is 1.